The summed E-state index contributed by atoms with van der Waals surface area (Å²) >= 11 is 0. The molecular formula is C19H18FN5O4. The number of benzene rings is 1. The fourth-order valence-electron chi connectivity index (χ4n) is 2.69. The van der Waals surface area contributed by atoms with Crippen LogP contribution in [-0.2, 0) is 19.6 Å². The van der Waals surface area contributed by atoms with Crippen molar-refractivity contribution in [1.29, 1.82) is 0 Å². The lowest BCUT2D eigenvalue weighted by atomic mass is 10.1. The van der Waals surface area contributed by atoms with Crippen LogP contribution in [0.5, 0.6) is 0 Å². The highest BCUT2D eigenvalue weighted by molar-refractivity contribution is 5.54. The third-order valence-corrected chi connectivity index (χ3v) is 4.20. The van der Waals surface area contributed by atoms with E-state index in [0.717, 1.165) is 13.7 Å². The van der Waals surface area contributed by atoms with Crippen LogP contribution in [0.15, 0.2) is 62.4 Å². The Morgan fingerprint density at radius 1 is 1.03 bits per heavy atom. The minimum atomic E-state index is -0.832. The first-order valence-electron chi connectivity index (χ1n) is 8.62. The Labute approximate surface area is 163 Å². The Balaban J connectivity index is 2.05. The van der Waals surface area contributed by atoms with Gasteiger partial charge in [-0.3, -0.25) is 0 Å². The highest BCUT2D eigenvalue weighted by Crippen LogP contribution is 2.19. The van der Waals surface area contributed by atoms with E-state index in [-0.39, 0.29) is 31.3 Å². The van der Waals surface area contributed by atoms with E-state index in [4.69, 9.17) is 4.52 Å². The highest BCUT2D eigenvalue weighted by atomic mass is 19.1. The van der Waals surface area contributed by atoms with Gasteiger partial charge in [0.05, 0.1) is 13.1 Å². The molecule has 29 heavy (non-hydrogen) atoms. The third-order valence-electron chi connectivity index (χ3n) is 4.20. The maximum absolute atomic E-state index is 13.8. The Bertz CT molecular complexity index is 1220. The van der Waals surface area contributed by atoms with Gasteiger partial charge in [0.25, 0.3) is 0 Å². The number of aromatic nitrogens is 5. The number of aryl methyl sites for hydroxylation is 1. The number of rotatable bonds is 7. The molecule has 0 saturated carbocycles. The van der Waals surface area contributed by atoms with Gasteiger partial charge in [-0.05, 0) is 18.6 Å². The number of nitrogens with zero attached hydrogens (tertiary/aromatic N) is 5. The molecule has 10 heteroatoms. The highest BCUT2D eigenvalue weighted by Gasteiger charge is 2.17. The van der Waals surface area contributed by atoms with Gasteiger partial charge in [-0.15, -0.1) is 13.2 Å². The standard InChI is InChI=1S/C19H18FN5O4/c1-4-8-23-17(26)24(9-5-2)19(28)25(18(23)27)11-15-21-16(22-29-15)13-7-6-12(3)14(20)10-13/h4-7,10H,1-2,8-9,11H2,3H3. The maximum atomic E-state index is 13.8. The monoisotopic (exact) mass is 399 g/mol. The summed E-state index contributed by atoms with van der Waals surface area (Å²) in [7, 11) is 0. The van der Waals surface area contributed by atoms with Crippen LogP contribution in [0.1, 0.15) is 11.5 Å². The zero-order valence-electron chi connectivity index (χ0n) is 15.7. The van der Waals surface area contributed by atoms with E-state index in [0.29, 0.717) is 11.1 Å². The van der Waals surface area contributed by atoms with Crippen molar-refractivity contribution >= 4 is 0 Å². The van der Waals surface area contributed by atoms with Crippen LogP contribution in [0.4, 0.5) is 4.39 Å². The zero-order valence-corrected chi connectivity index (χ0v) is 15.7. The van der Waals surface area contributed by atoms with E-state index >= 15 is 0 Å². The van der Waals surface area contributed by atoms with Crippen molar-refractivity contribution < 1.29 is 8.91 Å². The Kier molecular flexibility index (Phi) is 5.53. The van der Waals surface area contributed by atoms with E-state index in [1.165, 1.54) is 18.2 Å². The molecule has 0 bridgehead atoms. The van der Waals surface area contributed by atoms with Gasteiger partial charge in [-0.25, -0.2) is 32.5 Å². The van der Waals surface area contributed by atoms with E-state index in [1.54, 1.807) is 19.1 Å². The fourth-order valence-corrected chi connectivity index (χ4v) is 2.69. The van der Waals surface area contributed by atoms with Gasteiger partial charge >= 0.3 is 17.1 Å². The van der Waals surface area contributed by atoms with Gasteiger partial charge < -0.3 is 4.52 Å². The molecule has 0 aliphatic rings. The molecule has 3 aromatic rings. The first-order chi connectivity index (χ1) is 13.9. The lowest BCUT2D eigenvalue weighted by molar-refractivity contribution is 0.360. The number of hydrogen-bond donors (Lipinski definition) is 0. The normalized spacial score (nSPS) is 10.8. The Morgan fingerprint density at radius 3 is 2.17 bits per heavy atom. The minimum Gasteiger partial charge on any atom is -0.337 e. The molecule has 0 fully saturated rings. The number of allylic oxidation sites excluding steroid dienone is 2. The first-order valence-corrected chi connectivity index (χ1v) is 8.62. The smallest absolute Gasteiger partial charge is 0.337 e. The quantitative estimate of drug-likeness (QED) is 0.551. The summed E-state index contributed by atoms with van der Waals surface area (Å²) in [5.74, 6) is -0.360. The molecule has 0 N–H and O–H groups in total. The predicted molar refractivity (Wildman–Crippen MR) is 103 cm³/mol. The largest absolute Gasteiger partial charge is 0.337 e. The Morgan fingerprint density at radius 2 is 1.62 bits per heavy atom. The molecule has 0 spiro atoms. The summed E-state index contributed by atoms with van der Waals surface area (Å²) in [6.45, 7) is 8.14. The summed E-state index contributed by atoms with van der Waals surface area (Å²) < 4.78 is 21.4. The maximum Gasteiger partial charge on any atom is 0.337 e. The lowest BCUT2D eigenvalue weighted by Gasteiger charge is -2.10. The van der Waals surface area contributed by atoms with Crippen LogP contribution in [0.3, 0.4) is 0 Å². The molecule has 0 radical (unpaired) electrons. The molecule has 2 aromatic heterocycles. The molecule has 150 valence electrons. The minimum absolute atomic E-state index is 0.0471. The number of halogens is 1. The van der Waals surface area contributed by atoms with Gasteiger partial charge in [0, 0.05) is 5.56 Å². The van der Waals surface area contributed by atoms with Crippen molar-refractivity contribution in [2.24, 2.45) is 0 Å². The van der Waals surface area contributed by atoms with Gasteiger partial charge in [-0.1, -0.05) is 29.4 Å². The third kappa shape index (κ3) is 3.77. The van der Waals surface area contributed by atoms with Gasteiger partial charge in [0.2, 0.25) is 11.7 Å². The predicted octanol–water partition coefficient (Wildman–Crippen LogP) is 1.09. The molecule has 0 saturated heterocycles. The summed E-state index contributed by atoms with van der Waals surface area (Å²) in [6, 6.07) is 4.46. The average molecular weight is 399 g/mol. The SMILES string of the molecule is C=CCn1c(=O)n(CC=C)c(=O)n(Cc2nc(-c3ccc(C)c(F)c3)no2)c1=O. The lowest BCUT2D eigenvalue weighted by Crippen LogP contribution is -2.54. The van der Waals surface area contributed by atoms with E-state index in [1.807, 2.05) is 0 Å². The molecule has 0 aliphatic carbocycles. The molecular weight excluding hydrogens is 381 g/mol. The van der Waals surface area contributed by atoms with Crippen LogP contribution in [-0.4, -0.2) is 23.8 Å². The van der Waals surface area contributed by atoms with Crippen LogP contribution < -0.4 is 17.1 Å². The van der Waals surface area contributed by atoms with Crippen LogP contribution in [0.2, 0.25) is 0 Å². The van der Waals surface area contributed by atoms with Gasteiger partial charge in [0.15, 0.2) is 0 Å². The summed E-state index contributed by atoms with van der Waals surface area (Å²) in [6.07, 6.45) is 2.74. The topological polar surface area (TPSA) is 105 Å². The van der Waals surface area contributed by atoms with Gasteiger partial charge in [-0.2, -0.15) is 4.98 Å². The first kappa shape index (κ1) is 19.9. The van der Waals surface area contributed by atoms with Crippen LogP contribution in [0, 0.1) is 12.7 Å². The molecule has 9 nitrogen and oxygen atoms in total. The van der Waals surface area contributed by atoms with Crippen LogP contribution >= 0.6 is 0 Å². The van der Waals surface area contributed by atoms with E-state index in [2.05, 4.69) is 23.3 Å². The van der Waals surface area contributed by atoms with E-state index in [9.17, 15) is 18.8 Å². The van der Waals surface area contributed by atoms with Crippen molar-refractivity contribution in [1.82, 2.24) is 23.8 Å². The molecule has 0 unspecified atom stereocenters. The number of hydrogen-bond acceptors (Lipinski definition) is 6. The van der Waals surface area contributed by atoms with Crippen molar-refractivity contribution in [2.75, 3.05) is 0 Å². The van der Waals surface area contributed by atoms with Crippen molar-refractivity contribution in [3.05, 3.63) is 92.2 Å². The average Bonchev–Trinajstić information content (AvgIpc) is 3.17. The molecule has 0 atom stereocenters. The van der Waals surface area contributed by atoms with Crippen molar-refractivity contribution in [3.63, 3.8) is 0 Å². The fraction of sp³-hybridized carbons (Fsp3) is 0.211. The van der Waals surface area contributed by atoms with E-state index < -0.39 is 22.9 Å². The molecule has 3 rings (SSSR count). The Hall–Kier alpha value is -3.82. The summed E-state index contributed by atoms with van der Waals surface area (Å²) in [4.78, 5) is 41.7. The second-order valence-electron chi connectivity index (χ2n) is 6.21. The molecule has 0 amide bonds. The van der Waals surface area contributed by atoms with Crippen molar-refractivity contribution in [3.8, 4) is 11.4 Å². The summed E-state index contributed by atoms with van der Waals surface area (Å²) in [5.41, 5.74) is -1.58. The van der Waals surface area contributed by atoms with Crippen LogP contribution in [0.25, 0.3) is 11.4 Å². The second-order valence-corrected chi connectivity index (χ2v) is 6.21. The van der Waals surface area contributed by atoms with Crippen molar-refractivity contribution in [2.45, 2.75) is 26.6 Å². The second kappa shape index (κ2) is 8.05. The molecule has 1 aromatic carbocycles. The zero-order chi connectivity index (χ0) is 21.1. The van der Waals surface area contributed by atoms with Gasteiger partial charge in [0.1, 0.15) is 12.4 Å². The molecule has 2 heterocycles. The summed E-state index contributed by atoms with van der Waals surface area (Å²) in [5, 5.41) is 3.77. The molecule has 0 aliphatic heterocycles.